The van der Waals surface area contributed by atoms with E-state index < -0.39 is 0 Å². The van der Waals surface area contributed by atoms with E-state index in [1.807, 2.05) is 79.7 Å². The molecule has 126 valence electrons. The molecule has 0 aliphatic carbocycles. The van der Waals surface area contributed by atoms with Gasteiger partial charge in [-0.3, -0.25) is 4.79 Å². The van der Waals surface area contributed by atoms with Crippen molar-refractivity contribution in [1.82, 2.24) is 5.32 Å². The summed E-state index contributed by atoms with van der Waals surface area (Å²) in [6, 6.07) is 27.3. The standard InChI is InChI=1S/C22H21NO2/c1-17-12-14-19(15-13-17)22(18-8-4-2-5-9-18)23-21(24)16-25-20-10-6-3-7-11-20/h2-15,22H,16H2,1H3,(H,23,24)/t22-/m1/s1. The highest BCUT2D eigenvalue weighted by molar-refractivity contribution is 5.78. The van der Waals surface area contributed by atoms with Crippen LogP contribution in [0.2, 0.25) is 0 Å². The Labute approximate surface area is 148 Å². The summed E-state index contributed by atoms with van der Waals surface area (Å²) in [5, 5.41) is 3.08. The summed E-state index contributed by atoms with van der Waals surface area (Å²) in [6.07, 6.45) is 0. The Balaban J connectivity index is 1.73. The Morgan fingerprint density at radius 1 is 0.840 bits per heavy atom. The first-order chi connectivity index (χ1) is 12.2. The van der Waals surface area contributed by atoms with E-state index in [0.717, 1.165) is 11.1 Å². The highest BCUT2D eigenvalue weighted by atomic mass is 16.5. The van der Waals surface area contributed by atoms with E-state index in [4.69, 9.17) is 4.74 Å². The first-order valence-corrected chi connectivity index (χ1v) is 8.31. The van der Waals surface area contributed by atoms with Gasteiger partial charge in [-0.15, -0.1) is 0 Å². The number of hydrogen-bond acceptors (Lipinski definition) is 2. The second-order valence-corrected chi connectivity index (χ2v) is 5.92. The van der Waals surface area contributed by atoms with E-state index in [9.17, 15) is 4.79 Å². The quantitative estimate of drug-likeness (QED) is 0.732. The maximum atomic E-state index is 12.4. The summed E-state index contributed by atoms with van der Waals surface area (Å²) >= 11 is 0. The number of carbonyl (C=O) groups excluding carboxylic acids is 1. The van der Waals surface area contributed by atoms with Crippen LogP contribution in [0.5, 0.6) is 5.75 Å². The van der Waals surface area contributed by atoms with Crippen molar-refractivity contribution < 1.29 is 9.53 Å². The van der Waals surface area contributed by atoms with Gasteiger partial charge in [0.05, 0.1) is 6.04 Å². The Kier molecular flexibility index (Phi) is 5.47. The largest absolute Gasteiger partial charge is 0.484 e. The molecule has 3 rings (SSSR count). The van der Waals surface area contributed by atoms with Crippen LogP contribution in [0, 0.1) is 6.92 Å². The van der Waals surface area contributed by atoms with Crippen LogP contribution in [-0.4, -0.2) is 12.5 Å². The fraction of sp³-hybridized carbons (Fsp3) is 0.136. The van der Waals surface area contributed by atoms with Gasteiger partial charge in [0.15, 0.2) is 6.61 Å². The molecule has 0 bridgehead atoms. The molecule has 3 heteroatoms. The van der Waals surface area contributed by atoms with Crippen LogP contribution in [0.15, 0.2) is 84.9 Å². The minimum atomic E-state index is -0.200. The van der Waals surface area contributed by atoms with E-state index in [2.05, 4.69) is 17.4 Å². The van der Waals surface area contributed by atoms with Gasteiger partial charge in [-0.25, -0.2) is 0 Å². The van der Waals surface area contributed by atoms with Crippen molar-refractivity contribution in [3.8, 4) is 5.75 Å². The van der Waals surface area contributed by atoms with Gasteiger partial charge in [0.1, 0.15) is 5.75 Å². The zero-order chi connectivity index (χ0) is 17.5. The number of aryl methyl sites for hydroxylation is 1. The van der Waals surface area contributed by atoms with Gasteiger partial charge in [0.25, 0.3) is 5.91 Å². The molecule has 1 atom stereocenters. The molecule has 0 unspecified atom stereocenters. The van der Waals surface area contributed by atoms with E-state index >= 15 is 0 Å². The Bertz CT molecular complexity index is 798. The summed E-state index contributed by atoms with van der Waals surface area (Å²) in [5.74, 6) is 0.530. The molecule has 0 saturated carbocycles. The molecule has 0 aromatic heterocycles. The summed E-state index contributed by atoms with van der Waals surface area (Å²) in [5.41, 5.74) is 3.28. The molecular formula is C22H21NO2. The van der Waals surface area contributed by atoms with E-state index in [0.29, 0.717) is 5.75 Å². The van der Waals surface area contributed by atoms with Crippen LogP contribution in [-0.2, 0) is 4.79 Å². The van der Waals surface area contributed by atoms with Crippen molar-refractivity contribution in [2.75, 3.05) is 6.61 Å². The topological polar surface area (TPSA) is 38.3 Å². The predicted molar refractivity (Wildman–Crippen MR) is 99.5 cm³/mol. The Morgan fingerprint density at radius 3 is 2.04 bits per heavy atom. The predicted octanol–water partition coefficient (Wildman–Crippen LogP) is 4.28. The maximum Gasteiger partial charge on any atom is 0.258 e. The molecule has 0 saturated heterocycles. The normalized spacial score (nSPS) is 11.6. The third-order valence-electron chi connectivity index (χ3n) is 3.96. The number of rotatable bonds is 6. The third-order valence-corrected chi connectivity index (χ3v) is 3.96. The summed E-state index contributed by atoms with van der Waals surface area (Å²) in [7, 11) is 0. The number of hydrogen-bond donors (Lipinski definition) is 1. The van der Waals surface area contributed by atoms with Gasteiger partial charge in [-0.05, 0) is 30.2 Å². The van der Waals surface area contributed by atoms with Crippen LogP contribution < -0.4 is 10.1 Å². The van der Waals surface area contributed by atoms with Crippen molar-refractivity contribution in [3.63, 3.8) is 0 Å². The zero-order valence-corrected chi connectivity index (χ0v) is 14.2. The van der Waals surface area contributed by atoms with Crippen molar-refractivity contribution in [1.29, 1.82) is 0 Å². The number of ether oxygens (including phenoxy) is 1. The maximum absolute atomic E-state index is 12.4. The molecule has 0 aliphatic heterocycles. The molecule has 3 aromatic rings. The van der Waals surface area contributed by atoms with Gasteiger partial charge in [-0.1, -0.05) is 78.4 Å². The molecule has 25 heavy (non-hydrogen) atoms. The van der Waals surface area contributed by atoms with Crippen LogP contribution >= 0.6 is 0 Å². The molecule has 1 N–H and O–H groups in total. The lowest BCUT2D eigenvalue weighted by Gasteiger charge is -2.20. The molecule has 0 radical (unpaired) electrons. The molecule has 0 heterocycles. The number of amides is 1. The fourth-order valence-corrected chi connectivity index (χ4v) is 2.63. The van der Waals surface area contributed by atoms with E-state index in [-0.39, 0.29) is 18.6 Å². The van der Waals surface area contributed by atoms with Crippen LogP contribution in [0.4, 0.5) is 0 Å². The summed E-state index contributed by atoms with van der Waals surface area (Å²) in [6.45, 7) is 2.03. The van der Waals surface area contributed by atoms with Gasteiger partial charge in [0, 0.05) is 0 Å². The van der Waals surface area contributed by atoms with Crippen molar-refractivity contribution in [2.24, 2.45) is 0 Å². The monoisotopic (exact) mass is 331 g/mol. The first-order valence-electron chi connectivity index (χ1n) is 8.31. The smallest absolute Gasteiger partial charge is 0.258 e. The second-order valence-electron chi connectivity index (χ2n) is 5.92. The number of nitrogens with one attached hydrogen (secondary N) is 1. The van der Waals surface area contributed by atoms with Gasteiger partial charge in [-0.2, -0.15) is 0 Å². The lowest BCUT2D eigenvalue weighted by molar-refractivity contribution is -0.123. The van der Waals surface area contributed by atoms with E-state index in [1.54, 1.807) is 0 Å². The minimum absolute atomic E-state index is 0.0147. The fourth-order valence-electron chi connectivity index (χ4n) is 2.63. The van der Waals surface area contributed by atoms with Crippen LogP contribution in [0.3, 0.4) is 0 Å². The average molecular weight is 331 g/mol. The molecule has 3 nitrogen and oxygen atoms in total. The molecule has 0 fully saturated rings. The Morgan fingerprint density at radius 2 is 1.40 bits per heavy atom. The Hall–Kier alpha value is -3.07. The minimum Gasteiger partial charge on any atom is -0.484 e. The lowest BCUT2D eigenvalue weighted by Crippen LogP contribution is -2.33. The van der Waals surface area contributed by atoms with Gasteiger partial charge < -0.3 is 10.1 Å². The van der Waals surface area contributed by atoms with Gasteiger partial charge in [0.2, 0.25) is 0 Å². The molecule has 1 amide bonds. The molecule has 0 spiro atoms. The van der Waals surface area contributed by atoms with Crippen LogP contribution in [0.25, 0.3) is 0 Å². The number of carbonyl (C=O) groups is 1. The summed E-state index contributed by atoms with van der Waals surface area (Å²) < 4.78 is 5.55. The zero-order valence-electron chi connectivity index (χ0n) is 14.2. The van der Waals surface area contributed by atoms with Crippen molar-refractivity contribution in [2.45, 2.75) is 13.0 Å². The highest BCUT2D eigenvalue weighted by Gasteiger charge is 2.17. The van der Waals surface area contributed by atoms with Crippen LogP contribution in [0.1, 0.15) is 22.7 Å². The lowest BCUT2D eigenvalue weighted by atomic mass is 9.98. The molecule has 3 aromatic carbocycles. The van der Waals surface area contributed by atoms with Gasteiger partial charge >= 0.3 is 0 Å². The van der Waals surface area contributed by atoms with Crippen molar-refractivity contribution in [3.05, 3.63) is 102 Å². The van der Waals surface area contributed by atoms with Crippen molar-refractivity contribution >= 4 is 5.91 Å². The average Bonchev–Trinajstić information content (AvgIpc) is 2.67. The first kappa shape index (κ1) is 16.8. The summed E-state index contributed by atoms with van der Waals surface area (Å²) in [4.78, 5) is 12.4. The number of para-hydroxylation sites is 1. The second kappa shape index (κ2) is 8.15. The third kappa shape index (κ3) is 4.70. The molecule has 0 aliphatic rings. The highest BCUT2D eigenvalue weighted by Crippen LogP contribution is 2.22. The SMILES string of the molecule is Cc1ccc([C@H](NC(=O)COc2ccccc2)c2ccccc2)cc1. The molecular weight excluding hydrogens is 310 g/mol. The van der Waals surface area contributed by atoms with E-state index in [1.165, 1.54) is 5.56 Å². The number of benzene rings is 3.